The van der Waals surface area contributed by atoms with Crippen molar-refractivity contribution in [2.75, 3.05) is 0 Å². The molecule has 5 rings (SSSR count). The number of allylic oxidation sites excluding steroid dienone is 2. The summed E-state index contributed by atoms with van der Waals surface area (Å²) in [5.74, 6) is 2.02. The normalized spacial score (nSPS) is 26.2. The minimum atomic E-state index is -0.295. The Morgan fingerprint density at radius 3 is 2.76 bits per heavy atom. The fourth-order valence-corrected chi connectivity index (χ4v) is 7.90. The molecule has 228 valence electrons. The lowest BCUT2D eigenvalue weighted by molar-refractivity contribution is -0.126. The number of rotatable bonds is 8. The molecular weight excluding hydrogens is 545 g/mol. The van der Waals surface area contributed by atoms with Crippen LogP contribution in [0.2, 0.25) is 5.02 Å². The summed E-state index contributed by atoms with van der Waals surface area (Å²) >= 11 is 6.06. The number of fused-ring (bicyclic) bond motifs is 1. The van der Waals surface area contributed by atoms with Crippen molar-refractivity contribution in [2.24, 2.45) is 29.6 Å². The first-order valence-electron chi connectivity index (χ1n) is 16.4. The van der Waals surface area contributed by atoms with E-state index in [0.717, 1.165) is 76.2 Å². The van der Waals surface area contributed by atoms with Crippen LogP contribution in [0, 0.1) is 35.4 Å². The van der Waals surface area contributed by atoms with Crippen LogP contribution in [-0.4, -0.2) is 22.1 Å². The average Bonchev–Trinajstić information content (AvgIpc) is 3.64. The maximum Gasteiger partial charge on any atom is 0.223 e. The number of aryl methyl sites for hydroxylation is 1. The quantitative estimate of drug-likeness (QED) is 0.330. The first-order valence-corrected chi connectivity index (χ1v) is 16.8. The number of hydrogen-bond donors (Lipinski definition) is 2. The molecule has 2 saturated carbocycles. The lowest BCUT2D eigenvalue weighted by atomic mass is 9.73. The van der Waals surface area contributed by atoms with Crippen LogP contribution in [-0.2, 0) is 11.2 Å². The van der Waals surface area contributed by atoms with E-state index >= 15 is 0 Å². The second-order valence-electron chi connectivity index (χ2n) is 13.6. The summed E-state index contributed by atoms with van der Waals surface area (Å²) in [4.78, 5) is 13.7. The molecule has 0 saturated heterocycles. The first kappa shape index (κ1) is 31.0. The summed E-state index contributed by atoms with van der Waals surface area (Å²) < 4.78 is 13.8. The molecule has 1 aromatic heterocycles. The summed E-state index contributed by atoms with van der Waals surface area (Å²) in [6.07, 6.45) is 20.4. The monoisotopic (exact) mass is 593 g/mol. The van der Waals surface area contributed by atoms with Crippen LogP contribution in [0.15, 0.2) is 36.5 Å². The van der Waals surface area contributed by atoms with Crippen molar-refractivity contribution in [3.63, 3.8) is 0 Å². The SMILES string of the molecule is CC1=c2[nH]ncc2=C(C2CCC(NC(=O)C(CCCc3cc(F)cc(Cl)c3)C3CC3)CC(C)CC2C)C=CCCCC1. The Labute approximate surface area is 256 Å². The number of hydrogen-bond acceptors (Lipinski definition) is 2. The van der Waals surface area contributed by atoms with Gasteiger partial charge >= 0.3 is 0 Å². The van der Waals surface area contributed by atoms with Gasteiger partial charge in [-0.25, -0.2) is 4.39 Å². The van der Waals surface area contributed by atoms with Crippen molar-refractivity contribution < 1.29 is 9.18 Å². The van der Waals surface area contributed by atoms with E-state index < -0.39 is 0 Å². The molecule has 4 nitrogen and oxygen atoms in total. The number of halogens is 2. The molecule has 0 aliphatic heterocycles. The van der Waals surface area contributed by atoms with Gasteiger partial charge in [0.25, 0.3) is 0 Å². The number of aromatic amines is 1. The highest BCUT2D eigenvalue weighted by Crippen LogP contribution is 2.40. The fraction of sp³-hybridized carbons (Fsp3) is 0.611. The Morgan fingerprint density at radius 1 is 1.14 bits per heavy atom. The topological polar surface area (TPSA) is 57.8 Å². The van der Waals surface area contributed by atoms with Crippen LogP contribution >= 0.6 is 11.6 Å². The van der Waals surface area contributed by atoms with Gasteiger partial charge in [0.05, 0.1) is 11.5 Å². The minimum absolute atomic E-state index is 0.0482. The first-order chi connectivity index (χ1) is 20.3. The van der Waals surface area contributed by atoms with E-state index in [-0.39, 0.29) is 23.7 Å². The molecule has 3 aliphatic rings. The highest BCUT2D eigenvalue weighted by molar-refractivity contribution is 6.30. The Morgan fingerprint density at radius 2 is 1.98 bits per heavy atom. The Bertz CT molecular complexity index is 1360. The number of benzene rings is 1. The number of H-pyrrole nitrogens is 1. The lowest BCUT2D eigenvalue weighted by Gasteiger charge is -2.34. The van der Waals surface area contributed by atoms with Crippen LogP contribution in [0.25, 0.3) is 11.1 Å². The number of carbonyl (C=O) groups excluding carboxylic acids is 1. The van der Waals surface area contributed by atoms with Crippen LogP contribution in [0.1, 0.15) is 103 Å². The molecule has 6 heteroatoms. The zero-order valence-corrected chi connectivity index (χ0v) is 26.5. The van der Waals surface area contributed by atoms with Crippen molar-refractivity contribution in [1.82, 2.24) is 15.5 Å². The van der Waals surface area contributed by atoms with E-state index in [9.17, 15) is 9.18 Å². The molecule has 2 aromatic rings. The van der Waals surface area contributed by atoms with Crippen molar-refractivity contribution in [2.45, 2.75) is 110 Å². The predicted molar refractivity (Wildman–Crippen MR) is 171 cm³/mol. The molecule has 42 heavy (non-hydrogen) atoms. The van der Waals surface area contributed by atoms with E-state index in [1.165, 1.54) is 40.6 Å². The molecule has 5 atom stereocenters. The average molecular weight is 594 g/mol. The van der Waals surface area contributed by atoms with Gasteiger partial charge in [0.15, 0.2) is 0 Å². The Balaban J connectivity index is 1.29. The minimum Gasteiger partial charge on any atom is -0.353 e. The third-order valence-electron chi connectivity index (χ3n) is 10.00. The molecule has 5 unspecified atom stereocenters. The van der Waals surface area contributed by atoms with E-state index in [1.807, 2.05) is 12.3 Å². The molecular formula is C36H49ClFN3O. The van der Waals surface area contributed by atoms with Crippen molar-refractivity contribution in [3.8, 4) is 0 Å². The fourth-order valence-electron chi connectivity index (χ4n) is 7.66. The van der Waals surface area contributed by atoms with Gasteiger partial charge in [-0.2, -0.15) is 5.10 Å². The molecule has 0 radical (unpaired) electrons. The largest absolute Gasteiger partial charge is 0.353 e. The maximum absolute atomic E-state index is 13.8. The van der Waals surface area contributed by atoms with Crippen LogP contribution in [0.4, 0.5) is 4.39 Å². The molecule has 0 spiro atoms. The molecule has 1 amide bonds. The van der Waals surface area contributed by atoms with Gasteiger partial charge in [-0.3, -0.25) is 9.89 Å². The number of nitrogens with one attached hydrogen (secondary N) is 2. The van der Waals surface area contributed by atoms with Crippen LogP contribution < -0.4 is 15.9 Å². The molecule has 2 fully saturated rings. The summed E-state index contributed by atoms with van der Waals surface area (Å²) in [6, 6.07) is 4.94. The van der Waals surface area contributed by atoms with Gasteiger partial charge in [-0.15, -0.1) is 0 Å². The summed E-state index contributed by atoms with van der Waals surface area (Å²) in [5.41, 5.74) is 3.73. The molecule has 1 aromatic carbocycles. The second-order valence-corrected chi connectivity index (χ2v) is 14.0. The zero-order chi connectivity index (χ0) is 29.6. The number of carbonyl (C=O) groups is 1. The van der Waals surface area contributed by atoms with E-state index in [2.05, 4.69) is 48.4 Å². The number of amides is 1. The Hall–Kier alpha value is -2.40. The van der Waals surface area contributed by atoms with Crippen molar-refractivity contribution >= 4 is 28.7 Å². The molecule has 2 N–H and O–H groups in total. The highest BCUT2D eigenvalue weighted by Gasteiger charge is 2.37. The van der Waals surface area contributed by atoms with Crippen molar-refractivity contribution in [1.29, 1.82) is 0 Å². The molecule has 1 heterocycles. The number of nitrogens with zero attached hydrogens (tertiary/aromatic N) is 1. The third kappa shape index (κ3) is 8.15. The summed E-state index contributed by atoms with van der Waals surface area (Å²) in [5, 5.41) is 14.3. The van der Waals surface area contributed by atoms with Gasteiger partial charge in [0.2, 0.25) is 5.91 Å². The molecule has 3 aliphatic carbocycles. The van der Waals surface area contributed by atoms with Crippen molar-refractivity contribution in [3.05, 3.63) is 63.5 Å². The second kappa shape index (κ2) is 14.4. The van der Waals surface area contributed by atoms with Gasteiger partial charge in [-0.05, 0) is 149 Å². The maximum atomic E-state index is 13.8. The lowest BCUT2D eigenvalue weighted by Crippen LogP contribution is -2.42. The Kier molecular flexibility index (Phi) is 10.6. The number of aromatic nitrogens is 2. The van der Waals surface area contributed by atoms with Gasteiger partial charge < -0.3 is 5.32 Å². The highest BCUT2D eigenvalue weighted by atomic mass is 35.5. The smallest absolute Gasteiger partial charge is 0.223 e. The zero-order valence-electron chi connectivity index (χ0n) is 25.7. The van der Waals surface area contributed by atoms with Crippen LogP contribution in [0.5, 0.6) is 0 Å². The standard InChI is InChI=1S/C36H49ClFN3O/c1-23-17-25(3)31(33-11-7-5-4-6-9-24(2)35-34(33)22-39-41-35)16-15-30(18-23)40-36(42)32(27-13-14-27)12-8-10-26-19-28(37)21-29(38)20-26/h7,11,19-23,25,27,30-32,41H,4-6,8-10,12-18H2,1-3H3,(H,40,42). The summed E-state index contributed by atoms with van der Waals surface area (Å²) in [6.45, 7) is 7.03. The summed E-state index contributed by atoms with van der Waals surface area (Å²) in [7, 11) is 0. The third-order valence-corrected chi connectivity index (χ3v) is 10.2. The van der Waals surface area contributed by atoms with Crippen LogP contribution in [0.3, 0.4) is 0 Å². The van der Waals surface area contributed by atoms with E-state index in [1.54, 1.807) is 6.07 Å². The van der Waals surface area contributed by atoms with Gasteiger partial charge in [-0.1, -0.05) is 37.6 Å². The van der Waals surface area contributed by atoms with E-state index in [0.29, 0.717) is 28.7 Å². The van der Waals surface area contributed by atoms with Gasteiger partial charge in [0.1, 0.15) is 5.82 Å². The van der Waals surface area contributed by atoms with E-state index in [4.69, 9.17) is 11.6 Å². The predicted octanol–water partition coefficient (Wildman–Crippen LogP) is 7.65. The molecule has 0 bridgehead atoms. The van der Waals surface area contributed by atoms with Gasteiger partial charge in [0, 0.05) is 22.2 Å².